The summed E-state index contributed by atoms with van der Waals surface area (Å²) in [6.07, 6.45) is 0. The maximum Gasteiger partial charge on any atom is 0.277 e. The molecule has 0 atom stereocenters. The summed E-state index contributed by atoms with van der Waals surface area (Å²) in [7, 11) is 0. The molecule has 0 spiro atoms. The summed E-state index contributed by atoms with van der Waals surface area (Å²) < 4.78 is 5.60. The van der Waals surface area contributed by atoms with Gasteiger partial charge >= 0.3 is 0 Å². The Hall–Kier alpha value is -1.77. The van der Waals surface area contributed by atoms with Gasteiger partial charge in [-0.2, -0.15) is 11.8 Å². The lowest BCUT2D eigenvalue weighted by Gasteiger charge is -2.03. The fourth-order valence-electron chi connectivity index (χ4n) is 2.09. The second-order valence-corrected chi connectivity index (χ2v) is 8.57. The van der Waals surface area contributed by atoms with E-state index < -0.39 is 0 Å². The number of nitrogens with zero attached hydrogens (tertiary/aromatic N) is 2. The molecule has 0 aliphatic heterocycles. The van der Waals surface area contributed by atoms with Gasteiger partial charge in [0.1, 0.15) is 0 Å². The van der Waals surface area contributed by atoms with Crippen molar-refractivity contribution in [3.8, 4) is 11.5 Å². The van der Waals surface area contributed by atoms with Crippen LogP contribution in [0.4, 0.5) is 0 Å². The summed E-state index contributed by atoms with van der Waals surface area (Å²) in [5.41, 5.74) is 2.05. The van der Waals surface area contributed by atoms with Crippen molar-refractivity contribution < 1.29 is 9.21 Å². The molecule has 3 aromatic rings. The second-order valence-electron chi connectivity index (χ2n) is 5.51. The Morgan fingerprint density at radius 2 is 2.08 bits per heavy atom. The number of aromatic nitrogens is 2. The van der Waals surface area contributed by atoms with Gasteiger partial charge in [-0.3, -0.25) is 4.79 Å². The largest absolute Gasteiger partial charge is 0.411 e. The van der Waals surface area contributed by atoms with Crippen LogP contribution in [0.1, 0.15) is 10.4 Å². The van der Waals surface area contributed by atoms with E-state index in [0.717, 1.165) is 17.1 Å². The van der Waals surface area contributed by atoms with Crippen molar-refractivity contribution in [3.63, 3.8) is 0 Å². The Morgan fingerprint density at radius 1 is 1.23 bits per heavy atom. The lowest BCUT2D eigenvalue weighted by atomic mass is 10.1. The fourth-order valence-corrected chi connectivity index (χ4v) is 4.38. The van der Waals surface area contributed by atoms with E-state index in [1.54, 1.807) is 11.3 Å². The average molecular weight is 406 g/mol. The highest BCUT2D eigenvalue weighted by Crippen LogP contribution is 2.23. The standard InChI is InChI=1S/C18H19N3O2S3/c1-13-4-6-14(7-5-13)17-20-21-18(23-17)26-12-16(22)19-8-10-24-11-15-3-2-9-25-15/h2-7,9H,8,10-12H2,1H3,(H,19,22). The van der Waals surface area contributed by atoms with Gasteiger partial charge in [0.25, 0.3) is 5.22 Å². The number of thiophene rings is 1. The molecule has 0 bridgehead atoms. The maximum atomic E-state index is 11.9. The van der Waals surface area contributed by atoms with E-state index in [1.165, 1.54) is 22.2 Å². The van der Waals surface area contributed by atoms with Gasteiger partial charge in [-0.1, -0.05) is 35.5 Å². The Balaban J connectivity index is 1.34. The number of aryl methyl sites for hydroxylation is 1. The van der Waals surface area contributed by atoms with E-state index in [1.807, 2.05) is 43.0 Å². The molecular formula is C18H19N3O2S3. The van der Waals surface area contributed by atoms with E-state index in [0.29, 0.717) is 17.7 Å². The molecule has 3 rings (SSSR count). The van der Waals surface area contributed by atoms with Crippen molar-refractivity contribution in [2.45, 2.75) is 17.9 Å². The molecule has 1 amide bonds. The third-order valence-electron chi connectivity index (χ3n) is 3.42. The average Bonchev–Trinajstić information content (AvgIpc) is 3.32. The number of carbonyl (C=O) groups excluding carboxylic acids is 1. The van der Waals surface area contributed by atoms with Crippen LogP contribution in [0, 0.1) is 6.92 Å². The van der Waals surface area contributed by atoms with Crippen molar-refractivity contribution in [2.75, 3.05) is 18.1 Å². The lowest BCUT2D eigenvalue weighted by molar-refractivity contribution is -0.118. The quantitative estimate of drug-likeness (QED) is 0.424. The molecule has 1 aromatic carbocycles. The molecule has 0 aliphatic rings. The van der Waals surface area contributed by atoms with Crippen LogP contribution in [0.25, 0.3) is 11.5 Å². The highest BCUT2D eigenvalue weighted by molar-refractivity contribution is 7.99. The van der Waals surface area contributed by atoms with Gasteiger partial charge in [-0.15, -0.1) is 21.5 Å². The van der Waals surface area contributed by atoms with Gasteiger partial charge in [0.05, 0.1) is 5.75 Å². The molecular weight excluding hydrogens is 386 g/mol. The summed E-state index contributed by atoms with van der Waals surface area (Å²) in [6, 6.07) is 12.1. The van der Waals surface area contributed by atoms with Gasteiger partial charge in [-0.25, -0.2) is 0 Å². The van der Waals surface area contributed by atoms with Gasteiger partial charge in [-0.05, 0) is 30.5 Å². The number of rotatable bonds is 9. The molecule has 1 N–H and O–H groups in total. The first-order valence-electron chi connectivity index (χ1n) is 8.11. The fraction of sp³-hybridized carbons (Fsp3) is 0.278. The van der Waals surface area contributed by atoms with E-state index in [4.69, 9.17) is 4.42 Å². The Morgan fingerprint density at radius 3 is 2.85 bits per heavy atom. The van der Waals surface area contributed by atoms with Crippen LogP contribution in [0.15, 0.2) is 51.4 Å². The smallest absolute Gasteiger partial charge is 0.277 e. The molecule has 0 radical (unpaired) electrons. The third kappa shape index (κ3) is 5.89. The zero-order valence-corrected chi connectivity index (χ0v) is 16.8. The minimum absolute atomic E-state index is 0.0261. The first kappa shape index (κ1) is 19.0. The highest BCUT2D eigenvalue weighted by atomic mass is 32.2. The predicted molar refractivity (Wildman–Crippen MR) is 109 cm³/mol. The van der Waals surface area contributed by atoms with Crippen LogP contribution >= 0.6 is 34.9 Å². The summed E-state index contributed by atoms with van der Waals surface area (Å²) in [5.74, 6) is 2.60. The van der Waals surface area contributed by atoms with Crippen molar-refractivity contribution in [1.29, 1.82) is 0 Å². The molecule has 5 nitrogen and oxygen atoms in total. The van der Waals surface area contributed by atoms with Gasteiger partial charge in [0, 0.05) is 28.5 Å². The van der Waals surface area contributed by atoms with Crippen LogP contribution in [0.2, 0.25) is 0 Å². The molecule has 2 heterocycles. The lowest BCUT2D eigenvalue weighted by Crippen LogP contribution is -2.27. The molecule has 26 heavy (non-hydrogen) atoms. The first-order valence-corrected chi connectivity index (χ1v) is 11.1. The zero-order valence-electron chi connectivity index (χ0n) is 14.3. The number of nitrogens with one attached hydrogen (secondary N) is 1. The first-order chi connectivity index (χ1) is 12.7. The number of thioether (sulfide) groups is 2. The van der Waals surface area contributed by atoms with Crippen LogP contribution < -0.4 is 5.32 Å². The number of amides is 1. The van der Waals surface area contributed by atoms with Crippen molar-refractivity contribution in [3.05, 3.63) is 52.2 Å². The molecule has 2 aromatic heterocycles. The molecule has 0 unspecified atom stereocenters. The monoisotopic (exact) mass is 405 g/mol. The predicted octanol–water partition coefficient (Wildman–Crippen LogP) is 4.25. The topological polar surface area (TPSA) is 68.0 Å². The minimum Gasteiger partial charge on any atom is -0.411 e. The molecule has 0 saturated carbocycles. The van der Waals surface area contributed by atoms with E-state index >= 15 is 0 Å². The van der Waals surface area contributed by atoms with Crippen LogP contribution in [-0.2, 0) is 10.5 Å². The second kappa shape index (κ2) is 9.80. The third-order valence-corrected chi connectivity index (χ3v) is 6.31. The summed E-state index contributed by atoms with van der Waals surface area (Å²) in [4.78, 5) is 13.3. The Kier molecular flexibility index (Phi) is 7.16. The van der Waals surface area contributed by atoms with E-state index in [-0.39, 0.29) is 11.7 Å². The Bertz CT molecular complexity index is 817. The highest BCUT2D eigenvalue weighted by Gasteiger charge is 2.11. The number of benzene rings is 1. The number of carbonyl (C=O) groups is 1. The van der Waals surface area contributed by atoms with E-state index in [2.05, 4.69) is 33.0 Å². The molecule has 136 valence electrons. The molecule has 0 aliphatic carbocycles. The number of hydrogen-bond acceptors (Lipinski definition) is 7. The number of hydrogen-bond donors (Lipinski definition) is 1. The molecule has 8 heteroatoms. The van der Waals surface area contributed by atoms with Gasteiger partial charge in [0.15, 0.2) is 0 Å². The maximum absolute atomic E-state index is 11.9. The van der Waals surface area contributed by atoms with Crippen LogP contribution in [0.5, 0.6) is 0 Å². The van der Waals surface area contributed by atoms with Gasteiger partial charge in [0.2, 0.25) is 11.8 Å². The Labute approximate surface area is 165 Å². The van der Waals surface area contributed by atoms with E-state index in [9.17, 15) is 4.79 Å². The molecule has 0 fully saturated rings. The van der Waals surface area contributed by atoms with Crippen molar-refractivity contribution in [1.82, 2.24) is 15.5 Å². The normalized spacial score (nSPS) is 10.8. The van der Waals surface area contributed by atoms with Crippen molar-refractivity contribution in [2.24, 2.45) is 0 Å². The van der Waals surface area contributed by atoms with Gasteiger partial charge < -0.3 is 9.73 Å². The summed E-state index contributed by atoms with van der Waals surface area (Å²) in [6.45, 7) is 2.69. The summed E-state index contributed by atoms with van der Waals surface area (Å²) in [5, 5.41) is 13.4. The van der Waals surface area contributed by atoms with Crippen LogP contribution in [0.3, 0.4) is 0 Å². The summed E-state index contributed by atoms with van der Waals surface area (Å²) >= 11 is 4.83. The zero-order chi connectivity index (χ0) is 18.2. The van der Waals surface area contributed by atoms with Crippen molar-refractivity contribution >= 4 is 40.8 Å². The molecule has 0 saturated heterocycles. The minimum atomic E-state index is -0.0261. The van der Waals surface area contributed by atoms with Crippen LogP contribution in [-0.4, -0.2) is 34.2 Å². The SMILES string of the molecule is Cc1ccc(-c2nnc(SCC(=O)NCCSCc3cccs3)o2)cc1.